The number of alkyl halides is 2. The normalized spacial score (nSPS) is 11.0. The van der Waals surface area contributed by atoms with E-state index in [0.29, 0.717) is 23.6 Å². The Balaban J connectivity index is 2.07. The van der Waals surface area contributed by atoms with Crippen molar-refractivity contribution in [3.05, 3.63) is 59.7 Å². The Hall–Kier alpha value is -3.40. The number of hydrogen-bond donors (Lipinski definition) is 1. The van der Waals surface area contributed by atoms with Gasteiger partial charge in [-0.05, 0) is 55.0 Å². The summed E-state index contributed by atoms with van der Waals surface area (Å²) in [4.78, 5) is 12.2. The van der Waals surface area contributed by atoms with Gasteiger partial charge in [0.25, 0.3) is 5.91 Å². The predicted molar refractivity (Wildman–Crippen MR) is 92.9 cm³/mol. The average Bonchev–Trinajstić information content (AvgIpc) is 2.62. The Labute approximate surface area is 149 Å². The first-order chi connectivity index (χ1) is 12.5. The van der Waals surface area contributed by atoms with E-state index in [2.05, 4.69) is 10.1 Å². The van der Waals surface area contributed by atoms with Crippen molar-refractivity contribution in [1.82, 2.24) is 0 Å². The third kappa shape index (κ3) is 5.60. The van der Waals surface area contributed by atoms with Crippen LogP contribution in [0.1, 0.15) is 12.5 Å². The first-order valence-electron chi connectivity index (χ1n) is 7.72. The number of benzene rings is 2. The summed E-state index contributed by atoms with van der Waals surface area (Å²) in [7, 11) is 0. The van der Waals surface area contributed by atoms with Gasteiger partial charge in [0.2, 0.25) is 0 Å². The van der Waals surface area contributed by atoms with Gasteiger partial charge >= 0.3 is 6.61 Å². The maximum Gasteiger partial charge on any atom is 0.387 e. The van der Waals surface area contributed by atoms with Crippen molar-refractivity contribution in [2.24, 2.45) is 0 Å². The van der Waals surface area contributed by atoms with Gasteiger partial charge in [-0.3, -0.25) is 4.79 Å². The van der Waals surface area contributed by atoms with Gasteiger partial charge in [0, 0.05) is 5.69 Å². The molecule has 1 amide bonds. The van der Waals surface area contributed by atoms with E-state index in [1.54, 1.807) is 24.3 Å². The Morgan fingerprint density at radius 2 is 1.77 bits per heavy atom. The van der Waals surface area contributed by atoms with Crippen molar-refractivity contribution in [2.75, 3.05) is 11.9 Å². The number of nitrogens with zero attached hydrogens (tertiary/aromatic N) is 1. The molecule has 7 heteroatoms. The summed E-state index contributed by atoms with van der Waals surface area (Å²) in [5.41, 5.74) is 0.895. The average molecular weight is 358 g/mol. The number of ether oxygens (including phenoxy) is 2. The van der Waals surface area contributed by atoms with Crippen molar-refractivity contribution in [2.45, 2.75) is 13.5 Å². The largest absolute Gasteiger partial charge is 0.494 e. The van der Waals surface area contributed by atoms with Gasteiger partial charge in [-0.15, -0.1) is 0 Å². The minimum absolute atomic E-state index is 0.00510. The number of halogens is 2. The molecule has 2 aromatic rings. The smallest absolute Gasteiger partial charge is 0.387 e. The van der Waals surface area contributed by atoms with Crippen LogP contribution in [-0.2, 0) is 4.79 Å². The van der Waals surface area contributed by atoms with Crippen LogP contribution in [0.25, 0.3) is 6.08 Å². The summed E-state index contributed by atoms with van der Waals surface area (Å²) in [6.45, 7) is -0.508. The number of hydrogen-bond acceptors (Lipinski definition) is 4. The number of amides is 1. The molecule has 0 radical (unpaired) electrons. The standard InChI is InChI=1S/C19H16F2N2O3/c1-2-25-16-9-5-15(6-10-16)23-18(24)14(12-22)11-13-3-7-17(8-4-13)26-19(20)21/h3-11,19H,2H2,1H3,(H,23,24)/b14-11+. The summed E-state index contributed by atoms with van der Waals surface area (Å²) < 4.78 is 33.8. The molecule has 0 aliphatic rings. The van der Waals surface area contributed by atoms with Gasteiger partial charge in [-0.1, -0.05) is 12.1 Å². The molecule has 2 aromatic carbocycles. The minimum atomic E-state index is -2.91. The fourth-order valence-electron chi connectivity index (χ4n) is 2.06. The molecule has 26 heavy (non-hydrogen) atoms. The second-order valence-electron chi connectivity index (χ2n) is 5.03. The van der Waals surface area contributed by atoms with Gasteiger partial charge < -0.3 is 14.8 Å². The maximum absolute atomic E-state index is 12.2. The van der Waals surface area contributed by atoms with E-state index in [0.717, 1.165) is 0 Å². The summed E-state index contributed by atoms with van der Waals surface area (Å²) in [5, 5.41) is 11.8. The summed E-state index contributed by atoms with van der Waals surface area (Å²) in [6, 6.07) is 14.2. The molecule has 0 spiro atoms. The Morgan fingerprint density at radius 1 is 1.15 bits per heavy atom. The topological polar surface area (TPSA) is 71.3 Å². The molecule has 0 atom stereocenters. The molecule has 0 bridgehead atoms. The van der Waals surface area contributed by atoms with Crippen molar-refractivity contribution >= 4 is 17.7 Å². The third-order valence-electron chi connectivity index (χ3n) is 3.20. The molecule has 0 aliphatic carbocycles. The van der Waals surface area contributed by atoms with Crippen LogP contribution in [0.4, 0.5) is 14.5 Å². The highest BCUT2D eigenvalue weighted by Gasteiger charge is 2.10. The maximum atomic E-state index is 12.2. The van der Waals surface area contributed by atoms with E-state index in [4.69, 9.17) is 4.74 Å². The molecule has 5 nitrogen and oxygen atoms in total. The molecule has 0 aromatic heterocycles. The highest BCUT2D eigenvalue weighted by Crippen LogP contribution is 2.18. The Bertz CT molecular complexity index is 810. The van der Waals surface area contributed by atoms with Crippen molar-refractivity contribution in [1.29, 1.82) is 5.26 Å². The van der Waals surface area contributed by atoms with Crippen LogP contribution >= 0.6 is 0 Å². The SMILES string of the molecule is CCOc1ccc(NC(=O)/C(C#N)=C/c2ccc(OC(F)F)cc2)cc1. The van der Waals surface area contributed by atoms with Crippen LogP contribution in [-0.4, -0.2) is 19.1 Å². The number of carbonyl (C=O) groups excluding carboxylic acids is 1. The summed E-state index contributed by atoms with van der Waals surface area (Å²) >= 11 is 0. The molecule has 0 unspecified atom stereocenters. The van der Waals surface area contributed by atoms with Gasteiger partial charge in [-0.2, -0.15) is 14.0 Å². The van der Waals surface area contributed by atoms with Crippen molar-refractivity contribution in [3.8, 4) is 17.6 Å². The predicted octanol–water partition coefficient (Wildman–Crippen LogP) is 4.23. The zero-order valence-corrected chi connectivity index (χ0v) is 13.9. The lowest BCUT2D eigenvalue weighted by atomic mass is 10.1. The number of anilines is 1. The van der Waals surface area contributed by atoms with Gasteiger partial charge in [0.15, 0.2) is 0 Å². The zero-order chi connectivity index (χ0) is 18.9. The molecular weight excluding hydrogens is 342 g/mol. The fourth-order valence-corrected chi connectivity index (χ4v) is 2.06. The first kappa shape index (κ1) is 18.9. The monoisotopic (exact) mass is 358 g/mol. The van der Waals surface area contributed by atoms with Gasteiger partial charge in [0.05, 0.1) is 6.61 Å². The van der Waals surface area contributed by atoms with E-state index in [1.807, 2.05) is 13.0 Å². The number of nitriles is 1. The molecule has 0 heterocycles. The summed E-state index contributed by atoms with van der Waals surface area (Å²) in [5.74, 6) is 0.0896. The fraction of sp³-hybridized carbons (Fsp3) is 0.158. The van der Waals surface area contributed by atoms with Crippen LogP contribution in [0.15, 0.2) is 54.1 Å². The second kappa shape index (κ2) is 9.18. The minimum Gasteiger partial charge on any atom is -0.494 e. The number of rotatable bonds is 7. The van der Waals surface area contributed by atoms with Crippen molar-refractivity contribution < 1.29 is 23.0 Å². The molecule has 2 rings (SSSR count). The molecule has 1 N–H and O–H groups in total. The van der Waals surface area contributed by atoms with Gasteiger partial charge in [0.1, 0.15) is 23.1 Å². The molecule has 0 aliphatic heterocycles. The zero-order valence-electron chi connectivity index (χ0n) is 13.9. The van der Waals surface area contributed by atoms with Crippen LogP contribution in [0.2, 0.25) is 0 Å². The third-order valence-corrected chi connectivity index (χ3v) is 3.20. The van der Waals surface area contributed by atoms with Crippen molar-refractivity contribution in [3.63, 3.8) is 0 Å². The molecule has 0 saturated heterocycles. The molecule has 0 fully saturated rings. The first-order valence-corrected chi connectivity index (χ1v) is 7.72. The molecular formula is C19H16F2N2O3. The Morgan fingerprint density at radius 3 is 2.31 bits per heavy atom. The van der Waals surface area contributed by atoms with E-state index < -0.39 is 12.5 Å². The van der Waals surface area contributed by atoms with Gasteiger partial charge in [-0.25, -0.2) is 0 Å². The number of nitrogens with one attached hydrogen (secondary N) is 1. The molecule has 134 valence electrons. The van der Waals surface area contributed by atoms with Crippen LogP contribution in [0.5, 0.6) is 11.5 Å². The van der Waals surface area contributed by atoms with E-state index in [9.17, 15) is 18.8 Å². The number of carbonyl (C=O) groups is 1. The lowest BCUT2D eigenvalue weighted by Crippen LogP contribution is -2.13. The quantitative estimate of drug-likeness (QED) is 0.594. The van der Waals surface area contributed by atoms with Crippen LogP contribution < -0.4 is 14.8 Å². The van der Waals surface area contributed by atoms with Crippen LogP contribution in [0, 0.1) is 11.3 Å². The highest BCUT2D eigenvalue weighted by molar-refractivity contribution is 6.09. The lowest BCUT2D eigenvalue weighted by molar-refractivity contribution is -0.112. The van der Waals surface area contributed by atoms with Crippen LogP contribution in [0.3, 0.4) is 0 Å². The highest BCUT2D eigenvalue weighted by atomic mass is 19.3. The summed E-state index contributed by atoms with van der Waals surface area (Å²) in [6.07, 6.45) is 1.36. The van der Waals surface area contributed by atoms with E-state index in [-0.39, 0.29) is 11.3 Å². The molecule has 0 saturated carbocycles. The Kier molecular flexibility index (Phi) is 6.68. The van der Waals surface area contributed by atoms with E-state index >= 15 is 0 Å². The van der Waals surface area contributed by atoms with E-state index in [1.165, 1.54) is 30.3 Å². The second-order valence-corrected chi connectivity index (χ2v) is 5.03. The lowest BCUT2D eigenvalue weighted by Gasteiger charge is -2.07.